The fourth-order valence-corrected chi connectivity index (χ4v) is 3.36. The Labute approximate surface area is 118 Å². The van der Waals surface area contributed by atoms with Crippen LogP contribution in [0.5, 0.6) is 5.75 Å². The fourth-order valence-electron chi connectivity index (χ4n) is 2.89. The van der Waals surface area contributed by atoms with Gasteiger partial charge in [-0.15, -0.1) is 12.6 Å². The second kappa shape index (κ2) is 4.93. The number of rotatable bonds is 2. The van der Waals surface area contributed by atoms with Crippen molar-refractivity contribution < 1.29 is 9.90 Å². The molecule has 4 heteroatoms. The van der Waals surface area contributed by atoms with Crippen molar-refractivity contribution in [1.82, 2.24) is 4.90 Å². The van der Waals surface area contributed by atoms with Crippen LogP contribution in [-0.2, 0) is 11.3 Å². The van der Waals surface area contributed by atoms with Crippen LogP contribution in [0.15, 0.2) is 35.4 Å². The van der Waals surface area contributed by atoms with Crippen LogP contribution in [0.3, 0.4) is 0 Å². The molecule has 0 spiro atoms. The Kier molecular flexibility index (Phi) is 3.27. The van der Waals surface area contributed by atoms with Crippen molar-refractivity contribution >= 4 is 18.5 Å². The lowest BCUT2D eigenvalue weighted by Gasteiger charge is -2.23. The third-order valence-electron chi connectivity index (χ3n) is 3.93. The SMILES string of the molecule is O=C1C2=C(CCCC2)C(S)N1Cc1ccc(O)cc1. The van der Waals surface area contributed by atoms with Crippen LogP contribution < -0.4 is 0 Å². The molecule has 0 fully saturated rings. The van der Waals surface area contributed by atoms with E-state index in [1.54, 1.807) is 12.1 Å². The number of hydrogen-bond donors (Lipinski definition) is 2. The predicted octanol–water partition coefficient (Wildman–Crippen LogP) is 2.86. The first-order valence-electron chi connectivity index (χ1n) is 6.65. The summed E-state index contributed by atoms with van der Waals surface area (Å²) in [5.41, 5.74) is 3.23. The lowest BCUT2D eigenvalue weighted by atomic mass is 9.94. The average Bonchev–Trinajstić information content (AvgIpc) is 2.67. The summed E-state index contributed by atoms with van der Waals surface area (Å²) in [6.45, 7) is 0.556. The molecule has 3 rings (SSSR count). The first kappa shape index (κ1) is 12.6. The summed E-state index contributed by atoms with van der Waals surface area (Å²) in [6.07, 6.45) is 4.17. The van der Waals surface area contributed by atoms with E-state index in [9.17, 15) is 9.90 Å². The maximum Gasteiger partial charge on any atom is 0.251 e. The molecular weight excluding hydrogens is 258 g/mol. The molecule has 1 aliphatic heterocycles. The van der Waals surface area contributed by atoms with Crippen LogP contribution in [0, 0.1) is 0 Å². The van der Waals surface area contributed by atoms with Crippen LogP contribution in [-0.4, -0.2) is 21.3 Å². The number of nitrogens with zero attached hydrogens (tertiary/aromatic N) is 1. The van der Waals surface area contributed by atoms with Crippen molar-refractivity contribution in [2.24, 2.45) is 0 Å². The van der Waals surface area contributed by atoms with Gasteiger partial charge in [-0.2, -0.15) is 0 Å². The zero-order valence-electron chi connectivity index (χ0n) is 10.7. The number of benzene rings is 1. The van der Waals surface area contributed by atoms with Gasteiger partial charge in [0.15, 0.2) is 0 Å². The molecule has 1 N–H and O–H groups in total. The summed E-state index contributed by atoms with van der Waals surface area (Å²) in [6, 6.07) is 6.99. The molecule has 1 aromatic rings. The van der Waals surface area contributed by atoms with Crippen molar-refractivity contribution in [3.8, 4) is 5.75 Å². The van der Waals surface area contributed by atoms with Gasteiger partial charge in [-0.05, 0) is 49.0 Å². The van der Waals surface area contributed by atoms with E-state index in [0.717, 1.165) is 36.8 Å². The Balaban J connectivity index is 1.80. The van der Waals surface area contributed by atoms with Gasteiger partial charge in [-0.3, -0.25) is 4.79 Å². The van der Waals surface area contributed by atoms with Gasteiger partial charge in [0.05, 0.1) is 5.37 Å². The average molecular weight is 275 g/mol. The zero-order chi connectivity index (χ0) is 13.4. The smallest absolute Gasteiger partial charge is 0.251 e. The number of thiol groups is 1. The third-order valence-corrected chi connectivity index (χ3v) is 4.52. The Morgan fingerprint density at radius 3 is 2.58 bits per heavy atom. The van der Waals surface area contributed by atoms with E-state index >= 15 is 0 Å². The largest absolute Gasteiger partial charge is 0.508 e. The number of hydrogen-bond acceptors (Lipinski definition) is 3. The number of aromatic hydroxyl groups is 1. The normalized spacial score (nSPS) is 22.9. The highest BCUT2D eigenvalue weighted by atomic mass is 32.1. The Morgan fingerprint density at radius 1 is 1.21 bits per heavy atom. The van der Waals surface area contributed by atoms with Crippen molar-refractivity contribution in [2.75, 3.05) is 0 Å². The van der Waals surface area contributed by atoms with Crippen molar-refractivity contribution in [2.45, 2.75) is 37.6 Å². The molecule has 100 valence electrons. The van der Waals surface area contributed by atoms with E-state index in [-0.39, 0.29) is 17.0 Å². The molecule has 0 aromatic heterocycles. The van der Waals surface area contributed by atoms with Crippen molar-refractivity contribution in [3.63, 3.8) is 0 Å². The van der Waals surface area contributed by atoms with Crippen LogP contribution in [0.25, 0.3) is 0 Å². The van der Waals surface area contributed by atoms with E-state index in [4.69, 9.17) is 0 Å². The highest BCUT2D eigenvalue weighted by Crippen LogP contribution is 2.38. The molecule has 0 saturated heterocycles. The number of phenols is 1. The first-order valence-corrected chi connectivity index (χ1v) is 7.17. The Bertz CT molecular complexity index is 536. The van der Waals surface area contributed by atoms with Crippen LogP contribution >= 0.6 is 12.6 Å². The van der Waals surface area contributed by atoms with Gasteiger partial charge in [0.1, 0.15) is 5.75 Å². The second-order valence-corrected chi connectivity index (χ2v) is 5.67. The van der Waals surface area contributed by atoms with Gasteiger partial charge >= 0.3 is 0 Å². The van der Waals surface area contributed by atoms with E-state index in [1.807, 2.05) is 17.0 Å². The van der Waals surface area contributed by atoms with Crippen LogP contribution in [0.4, 0.5) is 0 Å². The minimum absolute atomic E-state index is 0.0726. The maximum absolute atomic E-state index is 12.4. The quantitative estimate of drug-likeness (QED) is 0.815. The summed E-state index contributed by atoms with van der Waals surface area (Å²) in [4.78, 5) is 14.2. The van der Waals surface area contributed by atoms with Gasteiger partial charge in [0.25, 0.3) is 5.91 Å². The summed E-state index contributed by atoms with van der Waals surface area (Å²) in [5, 5.41) is 9.21. The third kappa shape index (κ3) is 2.25. The first-order chi connectivity index (χ1) is 9.16. The molecule has 1 heterocycles. The number of carbonyl (C=O) groups is 1. The molecule has 1 unspecified atom stereocenters. The molecule has 1 aliphatic carbocycles. The van der Waals surface area contributed by atoms with Crippen molar-refractivity contribution in [3.05, 3.63) is 41.0 Å². The monoisotopic (exact) mass is 275 g/mol. The molecule has 0 radical (unpaired) electrons. The molecule has 0 saturated carbocycles. The van der Waals surface area contributed by atoms with Gasteiger partial charge in [-0.1, -0.05) is 12.1 Å². The Morgan fingerprint density at radius 2 is 1.89 bits per heavy atom. The minimum Gasteiger partial charge on any atom is -0.508 e. The number of phenolic OH excluding ortho intramolecular Hbond substituents is 1. The minimum atomic E-state index is -0.0726. The predicted molar refractivity (Wildman–Crippen MR) is 76.9 cm³/mol. The Hall–Kier alpha value is -1.42. The summed E-state index contributed by atoms with van der Waals surface area (Å²) in [7, 11) is 0. The molecule has 1 amide bonds. The highest BCUT2D eigenvalue weighted by Gasteiger charge is 2.37. The van der Waals surface area contributed by atoms with Crippen LogP contribution in [0.2, 0.25) is 0 Å². The lowest BCUT2D eigenvalue weighted by molar-refractivity contribution is -0.126. The van der Waals surface area contributed by atoms with E-state index in [0.29, 0.717) is 6.54 Å². The molecule has 3 nitrogen and oxygen atoms in total. The molecule has 1 atom stereocenters. The molecule has 19 heavy (non-hydrogen) atoms. The second-order valence-electron chi connectivity index (χ2n) is 5.18. The van der Waals surface area contributed by atoms with Gasteiger partial charge in [0.2, 0.25) is 0 Å². The number of amides is 1. The number of carbonyl (C=O) groups excluding carboxylic acids is 1. The highest BCUT2D eigenvalue weighted by molar-refractivity contribution is 7.81. The molecule has 1 aromatic carbocycles. The molecular formula is C15H17NO2S. The van der Waals surface area contributed by atoms with E-state index < -0.39 is 0 Å². The topological polar surface area (TPSA) is 40.5 Å². The molecule has 0 bridgehead atoms. The zero-order valence-corrected chi connectivity index (χ0v) is 11.6. The summed E-state index contributed by atoms with van der Waals surface area (Å²) in [5.74, 6) is 0.388. The summed E-state index contributed by atoms with van der Waals surface area (Å²) < 4.78 is 0. The van der Waals surface area contributed by atoms with E-state index in [2.05, 4.69) is 12.6 Å². The standard InChI is InChI=1S/C15H17NO2S/c17-11-7-5-10(6-8-11)9-16-14(18)12-3-1-2-4-13(12)15(16)19/h5-8,15,17,19H,1-4,9H2. The van der Waals surface area contributed by atoms with Crippen LogP contribution in [0.1, 0.15) is 31.2 Å². The fraction of sp³-hybridized carbons (Fsp3) is 0.400. The van der Waals surface area contributed by atoms with Gasteiger partial charge < -0.3 is 10.0 Å². The maximum atomic E-state index is 12.4. The van der Waals surface area contributed by atoms with Gasteiger partial charge in [-0.25, -0.2) is 0 Å². The van der Waals surface area contributed by atoms with E-state index in [1.165, 1.54) is 5.57 Å². The van der Waals surface area contributed by atoms with Gasteiger partial charge in [0, 0.05) is 12.1 Å². The van der Waals surface area contributed by atoms with Crippen molar-refractivity contribution in [1.29, 1.82) is 0 Å². The molecule has 2 aliphatic rings. The summed E-state index contributed by atoms with van der Waals surface area (Å²) >= 11 is 4.62. The lowest BCUT2D eigenvalue weighted by Crippen LogP contribution is -2.31.